The molecule has 1 unspecified atom stereocenters. The van der Waals surface area contributed by atoms with Gasteiger partial charge < -0.3 is 9.47 Å². The van der Waals surface area contributed by atoms with Crippen LogP contribution in [0.1, 0.15) is 44.5 Å². The Morgan fingerprint density at radius 2 is 0.519 bits per heavy atom. The van der Waals surface area contributed by atoms with Gasteiger partial charge >= 0.3 is 0 Å². The van der Waals surface area contributed by atoms with Crippen molar-refractivity contribution in [2.24, 2.45) is 0 Å². The Labute approximate surface area is 623 Å². The van der Waals surface area contributed by atoms with Crippen LogP contribution in [0.3, 0.4) is 0 Å². The smallest absolute Gasteiger partial charge is 0.164 e. The standard InChI is InChI=1S/C100H60N6O2/c1-3-23-61(24-4-1)64-28-20-32-69(56-64)94-103-95(105-98(104-94)73-50-53-85-90(59-73)107-88-45-17-15-42-83(88)99(85)80-39-12-9-35-77(80)78-36-10-13-40-81(78)99)70-33-21-30-66(57-70)65-29-19-31-67(55-65)76-38-22-44-87-92(76)79-37-11-14-41-82(79)100(87)84-43-16-18-46-89(84)108-91-60-72(51-54-86(91)100)97-102-93(63-26-5-2-6-27-63)101-96(106-97)71-49-52-75-68(58-71)48-47-62-25-7-8-34-74(62)75/h1-60H. The number of para-hydroxylation sites is 2. The molecule has 22 rings (SSSR count). The maximum Gasteiger partial charge on any atom is 0.164 e. The molecule has 2 aromatic heterocycles. The van der Waals surface area contributed by atoms with Gasteiger partial charge in [0.2, 0.25) is 0 Å². The van der Waals surface area contributed by atoms with Crippen molar-refractivity contribution in [2.75, 3.05) is 0 Å². The fraction of sp³-hybridized carbons (Fsp3) is 0.0200. The number of ether oxygens (including phenoxy) is 2. The number of rotatable bonds is 9. The summed E-state index contributed by atoms with van der Waals surface area (Å²) in [5.41, 5.74) is 24.2. The van der Waals surface area contributed by atoms with Crippen molar-refractivity contribution < 1.29 is 9.47 Å². The van der Waals surface area contributed by atoms with Crippen LogP contribution in [-0.4, -0.2) is 29.9 Å². The highest BCUT2D eigenvalue weighted by Crippen LogP contribution is 2.65. The molecule has 4 aliphatic rings. The lowest BCUT2D eigenvalue weighted by atomic mass is 9.66. The summed E-state index contributed by atoms with van der Waals surface area (Å²) in [6.45, 7) is 0. The van der Waals surface area contributed by atoms with Crippen molar-refractivity contribution in [1.29, 1.82) is 0 Å². The molecule has 8 heteroatoms. The van der Waals surface area contributed by atoms with Crippen LogP contribution in [0.25, 0.3) is 146 Å². The van der Waals surface area contributed by atoms with E-state index < -0.39 is 10.8 Å². The molecule has 108 heavy (non-hydrogen) atoms. The van der Waals surface area contributed by atoms with Gasteiger partial charge in [-0.25, -0.2) is 29.9 Å². The normalized spacial score (nSPS) is 14.2. The van der Waals surface area contributed by atoms with Gasteiger partial charge in [-0.05, 0) is 148 Å². The first-order valence-corrected chi connectivity index (χ1v) is 36.6. The van der Waals surface area contributed by atoms with Crippen LogP contribution in [-0.2, 0) is 10.8 Å². The maximum atomic E-state index is 7.15. The van der Waals surface area contributed by atoms with Gasteiger partial charge in [0.25, 0.3) is 0 Å². The van der Waals surface area contributed by atoms with Gasteiger partial charge in [-0.1, -0.05) is 315 Å². The van der Waals surface area contributed by atoms with Crippen LogP contribution >= 0.6 is 0 Å². The first-order valence-electron chi connectivity index (χ1n) is 36.6. The highest BCUT2D eigenvalue weighted by atomic mass is 16.5. The van der Waals surface area contributed by atoms with Gasteiger partial charge in [0.15, 0.2) is 34.9 Å². The second kappa shape index (κ2) is 24.1. The zero-order valence-electron chi connectivity index (χ0n) is 58.1. The van der Waals surface area contributed by atoms with Crippen molar-refractivity contribution in [2.45, 2.75) is 10.8 Å². The molecule has 16 aromatic carbocycles. The number of nitrogens with zero attached hydrogens (tertiary/aromatic N) is 6. The number of benzene rings is 16. The molecular weight excluding hydrogens is 1320 g/mol. The summed E-state index contributed by atoms with van der Waals surface area (Å²) < 4.78 is 14.2. The van der Waals surface area contributed by atoms with Crippen LogP contribution < -0.4 is 9.47 Å². The third kappa shape index (κ3) is 9.36. The van der Waals surface area contributed by atoms with Gasteiger partial charge in [-0.3, -0.25) is 0 Å². The van der Waals surface area contributed by atoms with E-state index in [1.807, 2.05) is 24.3 Å². The first kappa shape index (κ1) is 61.2. The van der Waals surface area contributed by atoms with E-state index in [9.17, 15) is 0 Å². The molecule has 0 fully saturated rings. The first-order chi connectivity index (χ1) is 53.5. The van der Waals surface area contributed by atoms with E-state index in [4.69, 9.17) is 39.4 Å². The van der Waals surface area contributed by atoms with Crippen molar-refractivity contribution in [3.05, 3.63) is 408 Å². The summed E-state index contributed by atoms with van der Waals surface area (Å²) in [5, 5.41) is 4.71. The Morgan fingerprint density at radius 3 is 1.09 bits per heavy atom. The van der Waals surface area contributed by atoms with E-state index in [0.29, 0.717) is 34.9 Å². The SMILES string of the molecule is c1ccc(-c2cccc(-c3nc(-c4cccc(-c5cccc(-c6cccc7c6-c6ccccc6C76c7ccccc7Oc7cc(-c8nc(-c9ccccc9)nc(-c9ccc%10c(ccc%11ccccc%11%10)c9)n8)ccc76)c5)c4)nc(-c4ccc5c(c4)Oc4ccccc4C54c5ccccc5-c5ccccc54)n3)c2)cc1. The number of fused-ring (bicyclic) bond motifs is 21. The Kier molecular flexibility index (Phi) is 13.7. The second-order valence-electron chi connectivity index (χ2n) is 28.3. The molecule has 0 N–H and O–H groups in total. The van der Waals surface area contributed by atoms with Gasteiger partial charge in [0, 0.05) is 55.6 Å². The molecular formula is C100H60N6O2. The van der Waals surface area contributed by atoms with Crippen molar-refractivity contribution in [3.8, 4) is 147 Å². The summed E-state index contributed by atoms with van der Waals surface area (Å²) in [7, 11) is 0. The summed E-state index contributed by atoms with van der Waals surface area (Å²) in [4.78, 5) is 31.9. The number of aromatic nitrogens is 6. The van der Waals surface area contributed by atoms with Gasteiger partial charge in [-0.2, -0.15) is 0 Å². The van der Waals surface area contributed by atoms with Gasteiger partial charge in [0.1, 0.15) is 23.0 Å². The minimum Gasteiger partial charge on any atom is -0.457 e. The lowest BCUT2D eigenvalue weighted by Gasteiger charge is -2.39. The highest BCUT2D eigenvalue weighted by Gasteiger charge is 2.53. The molecule has 18 aromatic rings. The van der Waals surface area contributed by atoms with E-state index in [-0.39, 0.29) is 0 Å². The third-order valence-electron chi connectivity index (χ3n) is 22.5. The van der Waals surface area contributed by atoms with E-state index in [1.54, 1.807) is 0 Å². The molecule has 0 amide bonds. The molecule has 1 atom stereocenters. The highest BCUT2D eigenvalue weighted by molar-refractivity contribution is 6.08. The zero-order valence-corrected chi connectivity index (χ0v) is 58.1. The van der Waals surface area contributed by atoms with Crippen LogP contribution in [0.4, 0.5) is 0 Å². The van der Waals surface area contributed by atoms with E-state index in [1.165, 1.54) is 60.7 Å². The summed E-state index contributed by atoms with van der Waals surface area (Å²) >= 11 is 0. The molecule has 0 saturated carbocycles. The van der Waals surface area contributed by atoms with Crippen LogP contribution in [0.5, 0.6) is 23.0 Å². The molecule has 8 nitrogen and oxygen atoms in total. The average Bonchev–Trinajstić information content (AvgIpc) is 1.51. The molecule has 2 aliphatic carbocycles. The molecule has 2 aliphatic heterocycles. The van der Waals surface area contributed by atoms with Crippen molar-refractivity contribution >= 4 is 21.5 Å². The van der Waals surface area contributed by atoms with Crippen molar-refractivity contribution in [1.82, 2.24) is 29.9 Å². The Balaban J connectivity index is 0.652. The zero-order chi connectivity index (χ0) is 71.0. The van der Waals surface area contributed by atoms with Crippen molar-refractivity contribution in [3.63, 3.8) is 0 Å². The summed E-state index contributed by atoms with van der Waals surface area (Å²) in [6.07, 6.45) is 0. The molecule has 0 bridgehead atoms. The van der Waals surface area contributed by atoms with E-state index >= 15 is 0 Å². The predicted octanol–water partition coefficient (Wildman–Crippen LogP) is 24.3. The number of hydrogen-bond donors (Lipinski definition) is 0. The predicted molar refractivity (Wildman–Crippen MR) is 432 cm³/mol. The summed E-state index contributed by atoms with van der Waals surface area (Å²) in [6, 6.07) is 129. The quantitative estimate of drug-likeness (QED) is 0.132. The second-order valence-corrected chi connectivity index (χ2v) is 28.3. The monoisotopic (exact) mass is 1380 g/mol. The Hall–Kier alpha value is -14.3. The van der Waals surface area contributed by atoms with E-state index in [2.05, 4.69) is 340 Å². The minimum absolute atomic E-state index is 0.533. The molecule has 0 radical (unpaired) electrons. The van der Waals surface area contributed by atoms with Gasteiger partial charge in [0.05, 0.1) is 10.8 Å². The maximum absolute atomic E-state index is 7.15. The molecule has 2 spiro atoms. The average molecular weight is 1380 g/mol. The Morgan fingerprint density at radius 1 is 0.176 bits per heavy atom. The van der Waals surface area contributed by atoms with Gasteiger partial charge in [-0.15, -0.1) is 0 Å². The third-order valence-corrected chi connectivity index (χ3v) is 22.5. The molecule has 502 valence electrons. The van der Waals surface area contributed by atoms with Crippen LogP contribution in [0.15, 0.2) is 364 Å². The Bertz CT molecular complexity index is 6750. The number of hydrogen-bond acceptors (Lipinski definition) is 8. The largest absolute Gasteiger partial charge is 0.457 e. The molecule has 4 heterocycles. The van der Waals surface area contributed by atoms with Crippen LogP contribution in [0.2, 0.25) is 0 Å². The topological polar surface area (TPSA) is 95.8 Å². The molecule has 0 saturated heterocycles. The minimum atomic E-state index is -0.759. The summed E-state index contributed by atoms with van der Waals surface area (Å²) in [5.74, 6) is 6.47. The van der Waals surface area contributed by atoms with E-state index in [0.717, 1.165) is 117 Å². The fourth-order valence-electron chi connectivity index (χ4n) is 17.8. The lowest BCUT2D eigenvalue weighted by Crippen LogP contribution is -2.32. The van der Waals surface area contributed by atoms with Crippen LogP contribution in [0, 0.1) is 0 Å². The fourth-order valence-corrected chi connectivity index (χ4v) is 17.8. The lowest BCUT2D eigenvalue weighted by molar-refractivity contribution is 0.436.